The van der Waals surface area contributed by atoms with Gasteiger partial charge in [-0.05, 0) is 30.3 Å². The molecule has 126 valence electrons. The quantitative estimate of drug-likeness (QED) is 0.395. The van der Waals surface area contributed by atoms with E-state index in [-0.39, 0.29) is 11.7 Å². The number of hydrogen-bond donors (Lipinski definition) is 1. The van der Waals surface area contributed by atoms with E-state index in [0.717, 1.165) is 5.39 Å². The molecule has 1 N–H and O–H groups in total. The average Bonchev–Trinajstić information content (AvgIpc) is 3.17. The molecule has 26 heavy (non-hydrogen) atoms. The van der Waals surface area contributed by atoms with E-state index < -0.39 is 0 Å². The van der Waals surface area contributed by atoms with Crippen LogP contribution in [0.5, 0.6) is 0 Å². The number of pyridine rings is 1. The number of fused-ring (bicyclic) bond motifs is 1. The predicted octanol–water partition coefficient (Wildman–Crippen LogP) is 3.86. The number of nitrogens with one attached hydrogen (secondary N) is 1. The van der Waals surface area contributed by atoms with Gasteiger partial charge in [0.2, 0.25) is 0 Å². The van der Waals surface area contributed by atoms with Crippen molar-refractivity contribution in [3.63, 3.8) is 0 Å². The van der Waals surface area contributed by atoms with Gasteiger partial charge in [-0.15, -0.1) is 0 Å². The highest BCUT2D eigenvalue weighted by Crippen LogP contribution is 2.29. The summed E-state index contributed by atoms with van der Waals surface area (Å²) < 4.78 is 19.2. The van der Waals surface area contributed by atoms with Crippen LogP contribution >= 0.6 is 24.0 Å². The number of furan rings is 1. The van der Waals surface area contributed by atoms with Crippen molar-refractivity contribution >= 4 is 51.3 Å². The number of rotatable bonds is 1. The first-order valence-electron chi connectivity index (χ1n) is 7.48. The first-order valence-corrected chi connectivity index (χ1v) is 8.71. The van der Waals surface area contributed by atoms with E-state index >= 15 is 0 Å². The zero-order valence-corrected chi connectivity index (χ0v) is 14.7. The highest BCUT2D eigenvalue weighted by Gasteiger charge is 2.22. The summed E-state index contributed by atoms with van der Waals surface area (Å²) in [6.45, 7) is 0. The molecule has 2 aromatic heterocycles. The summed E-state index contributed by atoms with van der Waals surface area (Å²) >= 11 is 6.16. The third-order valence-corrected chi connectivity index (χ3v) is 4.71. The molecule has 1 amide bonds. The molecule has 0 bridgehead atoms. The lowest BCUT2D eigenvalue weighted by atomic mass is 10.2. The van der Waals surface area contributed by atoms with Crippen LogP contribution in [0.1, 0.15) is 16.9 Å². The lowest BCUT2D eigenvalue weighted by Crippen LogP contribution is -2.17. The Morgan fingerprint density at radius 3 is 2.77 bits per heavy atom. The summed E-state index contributed by atoms with van der Waals surface area (Å²) in [5.74, 6) is 5.91. The number of thioether (sulfide) groups is 1. The van der Waals surface area contributed by atoms with Crippen LogP contribution in [0.25, 0.3) is 17.0 Å². The van der Waals surface area contributed by atoms with Gasteiger partial charge in [0.15, 0.2) is 5.58 Å². The van der Waals surface area contributed by atoms with Gasteiger partial charge in [-0.2, -0.15) is 0 Å². The normalized spacial score (nSPS) is 15.2. The van der Waals surface area contributed by atoms with Crippen molar-refractivity contribution in [2.24, 2.45) is 0 Å². The maximum absolute atomic E-state index is 13.0. The number of amides is 1. The molecule has 0 saturated carbocycles. The zero-order valence-electron chi connectivity index (χ0n) is 13.1. The fourth-order valence-corrected chi connectivity index (χ4v) is 3.39. The largest absolute Gasteiger partial charge is 0.455 e. The molecule has 0 unspecified atom stereocenters. The average molecular weight is 380 g/mol. The van der Waals surface area contributed by atoms with Gasteiger partial charge < -0.3 is 9.73 Å². The standard InChI is InChI=1S/C19H9FN2O2S2/c20-14-5-2-11(3-6-14)1-4-12-9-21-10-13-7-15(24-17(12)13)8-16-18(23)22-19(25)26-16/h2-3,5-10H,(H,22,23,25)/b16-8+. The van der Waals surface area contributed by atoms with Crippen LogP contribution in [0.4, 0.5) is 4.39 Å². The summed E-state index contributed by atoms with van der Waals surface area (Å²) in [5, 5.41) is 3.33. The number of nitrogens with zero attached hydrogens (tertiary/aromatic N) is 1. The highest BCUT2D eigenvalue weighted by atomic mass is 32.2. The molecule has 1 saturated heterocycles. The van der Waals surface area contributed by atoms with Crippen molar-refractivity contribution in [2.45, 2.75) is 0 Å². The summed E-state index contributed by atoms with van der Waals surface area (Å²) in [6.07, 6.45) is 4.90. The van der Waals surface area contributed by atoms with Crippen molar-refractivity contribution in [3.05, 3.63) is 70.3 Å². The van der Waals surface area contributed by atoms with Gasteiger partial charge in [0.1, 0.15) is 15.9 Å². The van der Waals surface area contributed by atoms with Crippen molar-refractivity contribution in [3.8, 4) is 11.8 Å². The smallest absolute Gasteiger partial charge is 0.263 e. The van der Waals surface area contributed by atoms with Crippen molar-refractivity contribution in [2.75, 3.05) is 0 Å². The Balaban J connectivity index is 1.70. The molecular weight excluding hydrogens is 371 g/mol. The summed E-state index contributed by atoms with van der Waals surface area (Å²) in [4.78, 5) is 16.4. The fourth-order valence-electron chi connectivity index (χ4n) is 2.37. The van der Waals surface area contributed by atoms with Crippen molar-refractivity contribution < 1.29 is 13.6 Å². The number of carbonyl (C=O) groups is 1. The van der Waals surface area contributed by atoms with Crippen LogP contribution < -0.4 is 5.32 Å². The van der Waals surface area contributed by atoms with E-state index in [9.17, 15) is 9.18 Å². The SMILES string of the molecule is O=C1NC(=S)S/C1=C/c1cc2cncc(C#Cc3ccc(F)cc3)c2o1. The molecule has 1 aliphatic rings. The third-order valence-electron chi connectivity index (χ3n) is 3.54. The number of aromatic nitrogens is 1. The van der Waals surface area contributed by atoms with Gasteiger partial charge in [0, 0.05) is 29.4 Å². The van der Waals surface area contributed by atoms with Crippen LogP contribution in [0.3, 0.4) is 0 Å². The summed E-state index contributed by atoms with van der Waals surface area (Å²) in [6, 6.07) is 7.70. The Kier molecular flexibility index (Phi) is 4.29. The predicted molar refractivity (Wildman–Crippen MR) is 103 cm³/mol. The molecule has 1 fully saturated rings. The molecule has 1 aliphatic heterocycles. The van der Waals surface area contributed by atoms with Gasteiger partial charge in [-0.3, -0.25) is 9.78 Å². The molecule has 1 aromatic carbocycles. The van der Waals surface area contributed by atoms with Gasteiger partial charge in [-0.1, -0.05) is 35.8 Å². The molecule has 7 heteroatoms. The Hall–Kier alpha value is -2.95. The zero-order chi connectivity index (χ0) is 18.1. The Morgan fingerprint density at radius 1 is 1.23 bits per heavy atom. The number of halogens is 1. The second kappa shape index (κ2) is 6.75. The van der Waals surface area contributed by atoms with Gasteiger partial charge in [0.25, 0.3) is 5.91 Å². The van der Waals surface area contributed by atoms with Gasteiger partial charge in [-0.25, -0.2) is 4.39 Å². The number of hydrogen-bond acceptors (Lipinski definition) is 5. The molecule has 3 heterocycles. The summed E-state index contributed by atoms with van der Waals surface area (Å²) in [7, 11) is 0. The Labute approximate surface area is 157 Å². The minimum absolute atomic E-state index is 0.241. The number of thiocarbonyl (C=S) groups is 1. The fraction of sp³-hybridized carbons (Fsp3) is 0. The molecular formula is C19H9FN2O2S2. The van der Waals surface area contributed by atoms with E-state index in [0.29, 0.717) is 31.7 Å². The van der Waals surface area contributed by atoms with Crippen LogP contribution in [-0.4, -0.2) is 15.2 Å². The minimum atomic E-state index is -0.309. The van der Waals surface area contributed by atoms with E-state index in [1.807, 2.05) is 0 Å². The van der Waals surface area contributed by atoms with Gasteiger partial charge in [0.05, 0.1) is 10.5 Å². The molecule has 4 rings (SSSR count). The molecule has 4 nitrogen and oxygen atoms in total. The maximum Gasteiger partial charge on any atom is 0.263 e. The first kappa shape index (κ1) is 16.5. The van der Waals surface area contributed by atoms with Crippen molar-refractivity contribution in [1.82, 2.24) is 10.3 Å². The first-order chi connectivity index (χ1) is 12.6. The number of carbonyl (C=O) groups excluding carboxylic acids is 1. The number of benzene rings is 1. The topological polar surface area (TPSA) is 55.1 Å². The lowest BCUT2D eigenvalue weighted by molar-refractivity contribution is -0.115. The lowest BCUT2D eigenvalue weighted by Gasteiger charge is -1.93. The van der Waals surface area contributed by atoms with E-state index in [1.54, 1.807) is 36.7 Å². The van der Waals surface area contributed by atoms with Gasteiger partial charge >= 0.3 is 0 Å². The summed E-state index contributed by atoms with van der Waals surface area (Å²) in [5.41, 5.74) is 1.87. The Morgan fingerprint density at radius 2 is 2.04 bits per heavy atom. The van der Waals surface area contributed by atoms with Crippen LogP contribution in [0, 0.1) is 17.7 Å². The minimum Gasteiger partial charge on any atom is -0.455 e. The Bertz CT molecular complexity index is 1140. The monoisotopic (exact) mass is 380 g/mol. The van der Waals surface area contributed by atoms with E-state index in [4.69, 9.17) is 16.6 Å². The van der Waals surface area contributed by atoms with E-state index in [1.165, 1.54) is 23.9 Å². The molecule has 0 spiro atoms. The molecule has 0 aliphatic carbocycles. The van der Waals surface area contributed by atoms with Crippen LogP contribution in [-0.2, 0) is 4.79 Å². The van der Waals surface area contributed by atoms with E-state index in [2.05, 4.69) is 22.1 Å². The highest BCUT2D eigenvalue weighted by molar-refractivity contribution is 8.26. The van der Waals surface area contributed by atoms with Crippen molar-refractivity contribution in [1.29, 1.82) is 0 Å². The second-order valence-corrected chi connectivity index (χ2v) is 7.08. The van der Waals surface area contributed by atoms with Crippen LogP contribution in [0.2, 0.25) is 0 Å². The molecule has 0 radical (unpaired) electrons. The third kappa shape index (κ3) is 3.38. The maximum atomic E-state index is 13.0. The van der Waals surface area contributed by atoms with Crippen LogP contribution in [0.15, 0.2) is 52.0 Å². The second-order valence-electron chi connectivity index (χ2n) is 5.36. The molecule has 0 atom stereocenters. The molecule has 3 aromatic rings.